The molecule has 0 atom stereocenters. The summed E-state index contributed by atoms with van der Waals surface area (Å²) in [7, 11) is -3.44. The first-order valence-corrected chi connectivity index (χ1v) is 10.3. The highest BCUT2D eigenvalue weighted by Gasteiger charge is 2.25. The number of benzene rings is 1. The average molecular weight is 430 g/mol. The highest BCUT2D eigenvalue weighted by molar-refractivity contribution is 7.88. The molecule has 8 nitrogen and oxygen atoms in total. The van der Waals surface area contributed by atoms with E-state index in [1.165, 1.54) is 10.6 Å². The van der Waals surface area contributed by atoms with Crippen LogP contribution in [0.2, 0.25) is 0 Å². The number of ether oxygens (including phenoxy) is 1. The van der Waals surface area contributed by atoms with E-state index in [0.717, 1.165) is 5.56 Å². The standard InChI is InChI=1S/C18H23N3O5S.ClH/c19-10-17-9-16(12-26-17)18(22)20-11-14-3-1-2-4-15(14)13-27(23,24)21-5-7-25-8-6-21;/h1-4,9,12H,5-8,10-11,13,19H2,(H,20,22);1H. The van der Waals surface area contributed by atoms with Gasteiger partial charge in [0, 0.05) is 19.6 Å². The first-order chi connectivity index (χ1) is 13.0. The molecule has 0 unspecified atom stereocenters. The molecule has 2 aromatic rings. The normalized spacial score (nSPS) is 15.0. The Morgan fingerprint density at radius 2 is 1.86 bits per heavy atom. The Hall–Kier alpha value is -1.91. The maximum absolute atomic E-state index is 12.7. The summed E-state index contributed by atoms with van der Waals surface area (Å²) in [5, 5.41) is 2.79. The molecular formula is C18H24ClN3O5S. The number of rotatable bonds is 7. The quantitative estimate of drug-likeness (QED) is 0.684. The number of carbonyl (C=O) groups excluding carboxylic acids is 1. The van der Waals surface area contributed by atoms with Crippen molar-refractivity contribution in [3.8, 4) is 0 Å². The van der Waals surface area contributed by atoms with Crippen molar-refractivity contribution in [1.29, 1.82) is 0 Å². The lowest BCUT2D eigenvalue weighted by Gasteiger charge is -2.26. The molecule has 1 aromatic carbocycles. The molecule has 1 saturated heterocycles. The first kappa shape index (κ1) is 22.4. The highest BCUT2D eigenvalue weighted by atomic mass is 35.5. The lowest BCUT2D eigenvalue weighted by atomic mass is 10.1. The molecule has 3 rings (SSSR count). The van der Waals surface area contributed by atoms with Crippen LogP contribution in [0.4, 0.5) is 0 Å². The smallest absolute Gasteiger partial charge is 0.254 e. The number of amides is 1. The molecule has 1 amide bonds. The second-order valence-electron chi connectivity index (χ2n) is 6.22. The van der Waals surface area contributed by atoms with E-state index in [0.29, 0.717) is 43.2 Å². The van der Waals surface area contributed by atoms with Gasteiger partial charge >= 0.3 is 0 Å². The van der Waals surface area contributed by atoms with Crippen molar-refractivity contribution in [2.75, 3.05) is 26.3 Å². The van der Waals surface area contributed by atoms with Gasteiger partial charge in [0.2, 0.25) is 10.0 Å². The zero-order valence-electron chi connectivity index (χ0n) is 15.3. The minimum atomic E-state index is -3.44. The van der Waals surface area contributed by atoms with Crippen LogP contribution in [0.1, 0.15) is 27.2 Å². The van der Waals surface area contributed by atoms with Gasteiger partial charge in [0.05, 0.1) is 31.1 Å². The average Bonchev–Trinajstić information content (AvgIpc) is 3.17. The van der Waals surface area contributed by atoms with E-state index in [9.17, 15) is 13.2 Å². The van der Waals surface area contributed by atoms with Crippen LogP contribution in [0, 0.1) is 0 Å². The van der Waals surface area contributed by atoms with Crippen molar-refractivity contribution in [3.63, 3.8) is 0 Å². The summed E-state index contributed by atoms with van der Waals surface area (Å²) in [6, 6.07) is 8.77. The van der Waals surface area contributed by atoms with Gasteiger partial charge in [-0.2, -0.15) is 4.31 Å². The Balaban J connectivity index is 0.00000280. The summed E-state index contributed by atoms with van der Waals surface area (Å²) in [4.78, 5) is 12.2. The molecule has 0 aliphatic carbocycles. The van der Waals surface area contributed by atoms with Gasteiger partial charge in [-0.1, -0.05) is 24.3 Å². The molecule has 2 heterocycles. The Morgan fingerprint density at radius 3 is 2.50 bits per heavy atom. The minimum absolute atomic E-state index is 0. The Morgan fingerprint density at radius 1 is 1.18 bits per heavy atom. The Kier molecular flexibility index (Phi) is 8.02. The molecule has 0 saturated carbocycles. The van der Waals surface area contributed by atoms with Crippen molar-refractivity contribution in [2.24, 2.45) is 5.73 Å². The van der Waals surface area contributed by atoms with Crippen LogP contribution in [0.25, 0.3) is 0 Å². The van der Waals surface area contributed by atoms with E-state index in [1.807, 2.05) is 12.1 Å². The summed E-state index contributed by atoms with van der Waals surface area (Å²) in [5.41, 5.74) is 7.28. The van der Waals surface area contributed by atoms with E-state index in [-0.39, 0.29) is 37.2 Å². The van der Waals surface area contributed by atoms with Crippen LogP contribution in [-0.2, 0) is 33.6 Å². The zero-order valence-corrected chi connectivity index (χ0v) is 16.9. The molecule has 3 N–H and O–H groups in total. The number of furan rings is 1. The number of nitrogens with zero attached hydrogens (tertiary/aromatic N) is 1. The molecule has 0 bridgehead atoms. The van der Waals surface area contributed by atoms with Crippen LogP contribution < -0.4 is 11.1 Å². The van der Waals surface area contributed by atoms with E-state index in [4.69, 9.17) is 14.9 Å². The number of morpholine rings is 1. The minimum Gasteiger partial charge on any atom is -0.467 e. The van der Waals surface area contributed by atoms with E-state index < -0.39 is 10.0 Å². The third-order valence-corrected chi connectivity index (χ3v) is 6.20. The van der Waals surface area contributed by atoms with Crippen LogP contribution in [0.5, 0.6) is 0 Å². The van der Waals surface area contributed by atoms with E-state index >= 15 is 0 Å². The van der Waals surface area contributed by atoms with Gasteiger partial charge in [-0.15, -0.1) is 12.4 Å². The predicted octanol–water partition coefficient (Wildman–Crippen LogP) is 1.25. The number of sulfonamides is 1. The molecule has 28 heavy (non-hydrogen) atoms. The molecule has 0 spiro atoms. The fourth-order valence-electron chi connectivity index (χ4n) is 2.87. The lowest BCUT2D eigenvalue weighted by Crippen LogP contribution is -2.41. The summed E-state index contributed by atoms with van der Waals surface area (Å²) in [6.45, 7) is 1.99. The maximum atomic E-state index is 12.7. The van der Waals surface area contributed by atoms with Crippen molar-refractivity contribution >= 4 is 28.3 Å². The van der Waals surface area contributed by atoms with E-state index in [1.54, 1.807) is 18.2 Å². The van der Waals surface area contributed by atoms with Crippen LogP contribution in [-0.4, -0.2) is 44.9 Å². The molecule has 1 aromatic heterocycles. The van der Waals surface area contributed by atoms with Gasteiger partial charge in [0.25, 0.3) is 5.91 Å². The fourth-order valence-corrected chi connectivity index (χ4v) is 4.43. The van der Waals surface area contributed by atoms with Crippen molar-refractivity contribution < 1.29 is 22.4 Å². The van der Waals surface area contributed by atoms with Crippen LogP contribution >= 0.6 is 12.4 Å². The van der Waals surface area contributed by atoms with Gasteiger partial charge in [-0.3, -0.25) is 4.79 Å². The number of hydrogen-bond donors (Lipinski definition) is 2. The lowest BCUT2D eigenvalue weighted by molar-refractivity contribution is 0.0729. The molecule has 1 fully saturated rings. The number of carbonyl (C=O) groups is 1. The van der Waals surface area contributed by atoms with Gasteiger partial charge in [0.1, 0.15) is 12.0 Å². The van der Waals surface area contributed by atoms with Crippen molar-refractivity contribution in [1.82, 2.24) is 9.62 Å². The fraction of sp³-hybridized carbons (Fsp3) is 0.389. The monoisotopic (exact) mass is 429 g/mol. The van der Waals surface area contributed by atoms with Gasteiger partial charge in [-0.25, -0.2) is 8.42 Å². The zero-order chi connectivity index (χ0) is 19.3. The van der Waals surface area contributed by atoms with Gasteiger partial charge in [0.15, 0.2) is 0 Å². The van der Waals surface area contributed by atoms with Crippen molar-refractivity contribution in [2.45, 2.75) is 18.8 Å². The number of halogens is 1. The van der Waals surface area contributed by atoms with Crippen LogP contribution in [0.15, 0.2) is 41.0 Å². The third-order valence-electron chi connectivity index (χ3n) is 4.38. The summed E-state index contributed by atoms with van der Waals surface area (Å²) in [6.07, 6.45) is 1.35. The summed E-state index contributed by atoms with van der Waals surface area (Å²) < 4.78 is 37.2. The second-order valence-corrected chi connectivity index (χ2v) is 8.19. The SMILES string of the molecule is Cl.NCc1cc(C(=O)NCc2ccccc2CS(=O)(=O)N2CCOCC2)co1. The largest absolute Gasteiger partial charge is 0.467 e. The number of nitrogens with two attached hydrogens (primary N) is 1. The second kappa shape index (κ2) is 10.0. The predicted molar refractivity (Wildman–Crippen MR) is 106 cm³/mol. The Labute approximate surface area is 170 Å². The first-order valence-electron chi connectivity index (χ1n) is 8.67. The van der Waals surface area contributed by atoms with E-state index in [2.05, 4.69) is 5.32 Å². The van der Waals surface area contributed by atoms with Gasteiger partial charge < -0.3 is 20.2 Å². The Bertz CT molecular complexity index is 894. The van der Waals surface area contributed by atoms with Gasteiger partial charge in [-0.05, 0) is 17.2 Å². The molecule has 10 heteroatoms. The summed E-state index contributed by atoms with van der Waals surface area (Å²) >= 11 is 0. The molecule has 0 radical (unpaired) electrons. The molecular weight excluding hydrogens is 406 g/mol. The maximum Gasteiger partial charge on any atom is 0.254 e. The van der Waals surface area contributed by atoms with Crippen LogP contribution in [0.3, 0.4) is 0 Å². The number of hydrogen-bond acceptors (Lipinski definition) is 6. The summed E-state index contributed by atoms with van der Waals surface area (Å²) in [5.74, 6) is 0.115. The van der Waals surface area contributed by atoms with Crippen molar-refractivity contribution in [3.05, 3.63) is 59.0 Å². The highest BCUT2D eigenvalue weighted by Crippen LogP contribution is 2.17. The molecule has 154 valence electrons. The number of nitrogens with one attached hydrogen (secondary N) is 1. The molecule has 1 aliphatic heterocycles. The molecule has 1 aliphatic rings. The third kappa shape index (κ3) is 5.55. The topological polar surface area (TPSA) is 115 Å².